The maximum atomic E-state index is 12.6. The molecule has 306 valence electrons. The van der Waals surface area contributed by atoms with Crippen LogP contribution in [0.25, 0.3) is 0 Å². The number of carboxylic acid groups (broad SMARTS) is 1. The third-order valence-electron chi connectivity index (χ3n) is 8.34. The van der Waals surface area contributed by atoms with Gasteiger partial charge in [0.2, 0.25) is 0 Å². The molecule has 0 aliphatic carbocycles. The van der Waals surface area contributed by atoms with Gasteiger partial charge in [0.25, 0.3) is 0 Å². The minimum Gasteiger partial charge on any atom is -0.480 e. The molecule has 1 unspecified atom stereocenters. The fraction of sp³-hybridized carbons (Fsp3) is 0.732. The van der Waals surface area contributed by atoms with E-state index < -0.39 is 51.1 Å². The number of esters is 2. The molecule has 0 bridgehead atoms. The van der Waals surface area contributed by atoms with Crippen LogP contribution in [0.3, 0.4) is 0 Å². The lowest BCUT2D eigenvalue weighted by Crippen LogP contribution is -2.34. The largest absolute Gasteiger partial charge is 0.480 e. The number of allylic oxidation sites excluding steroid dienone is 8. The maximum absolute atomic E-state index is 12.6. The van der Waals surface area contributed by atoms with Gasteiger partial charge in [-0.15, -0.1) is 0 Å². The van der Waals surface area contributed by atoms with Gasteiger partial charge >= 0.3 is 25.7 Å². The second-order valence-electron chi connectivity index (χ2n) is 13.4. The highest BCUT2D eigenvalue weighted by molar-refractivity contribution is 7.47. The Morgan fingerprint density at radius 2 is 1.06 bits per heavy atom. The summed E-state index contributed by atoms with van der Waals surface area (Å²) in [6.45, 7) is 2.64. The van der Waals surface area contributed by atoms with Gasteiger partial charge in [0.15, 0.2) is 6.10 Å². The van der Waals surface area contributed by atoms with Crippen LogP contribution in [-0.4, -0.2) is 59.9 Å². The lowest BCUT2D eigenvalue weighted by Gasteiger charge is -2.20. The summed E-state index contributed by atoms with van der Waals surface area (Å²) in [4.78, 5) is 45.8. The van der Waals surface area contributed by atoms with Crippen molar-refractivity contribution in [2.45, 2.75) is 174 Å². The van der Waals surface area contributed by atoms with E-state index in [4.69, 9.17) is 24.8 Å². The average molecular weight is 770 g/mol. The van der Waals surface area contributed by atoms with E-state index in [0.29, 0.717) is 12.8 Å². The Hall–Kier alpha value is -2.56. The summed E-state index contributed by atoms with van der Waals surface area (Å²) in [7, 11) is -4.72. The molecular formula is C41H72NO10P. The van der Waals surface area contributed by atoms with Crippen molar-refractivity contribution in [3.05, 3.63) is 48.6 Å². The second kappa shape index (κ2) is 36.4. The molecule has 0 heterocycles. The van der Waals surface area contributed by atoms with Crippen molar-refractivity contribution < 1.29 is 47.5 Å². The van der Waals surface area contributed by atoms with Crippen LogP contribution < -0.4 is 5.73 Å². The highest BCUT2D eigenvalue weighted by Gasteiger charge is 2.28. The molecule has 4 N–H and O–H groups in total. The normalized spacial score (nSPS) is 14.3. The molecule has 0 fully saturated rings. The molecule has 0 aromatic carbocycles. The Morgan fingerprint density at radius 3 is 1.58 bits per heavy atom. The molecule has 0 amide bonds. The molecule has 11 nitrogen and oxygen atoms in total. The van der Waals surface area contributed by atoms with Gasteiger partial charge in [0.1, 0.15) is 12.6 Å². The SMILES string of the molecule is CC/C=C\C/C=C\C/C=C\C/C=C\CCCCCCC(=O)OC[C@H](COP(=O)(O)OC[C@H](N)C(=O)O)OC(=O)CCCCCCCCCCCCCC. The van der Waals surface area contributed by atoms with Crippen molar-refractivity contribution in [3.8, 4) is 0 Å². The Bertz CT molecular complexity index is 1090. The Balaban J connectivity index is 4.44. The quantitative estimate of drug-likeness (QED) is 0.0238. The first kappa shape index (κ1) is 50.4. The van der Waals surface area contributed by atoms with Crippen LogP contribution in [0, 0.1) is 0 Å². The van der Waals surface area contributed by atoms with Gasteiger partial charge < -0.3 is 25.2 Å². The van der Waals surface area contributed by atoms with Crippen LogP contribution in [0.15, 0.2) is 48.6 Å². The van der Waals surface area contributed by atoms with Crippen molar-refractivity contribution in [1.29, 1.82) is 0 Å². The summed E-state index contributed by atoms with van der Waals surface area (Å²) in [6.07, 6.45) is 38.9. The number of rotatable bonds is 37. The number of carbonyl (C=O) groups excluding carboxylic acids is 2. The number of carboxylic acids is 1. The fourth-order valence-corrected chi connectivity index (χ4v) is 5.95. The Labute approximate surface area is 320 Å². The van der Waals surface area contributed by atoms with Crippen molar-refractivity contribution in [3.63, 3.8) is 0 Å². The predicted octanol–water partition coefficient (Wildman–Crippen LogP) is 10.2. The molecule has 0 radical (unpaired) electrons. The first-order valence-corrected chi connectivity index (χ1v) is 21.7. The molecule has 12 heteroatoms. The third kappa shape index (κ3) is 36.2. The maximum Gasteiger partial charge on any atom is 0.472 e. The van der Waals surface area contributed by atoms with Crippen LogP contribution in [0.2, 0.25) is 0 Å². The standard InChI is InChI=1S/C41H72NO10P/c1-3-5-7-9-11-13-15-17-18-19-20-21-23-24-26-28-30-32-39(43)49-34-37(35-50-53(47,48)51-36-38(42)41(45)46)52-40(44)33-31-29-27-25-22-16-14-12-10-8-6-4-2/h5,7,11,13,17-18,20-21,37-38H,3-4,6,8-10,12,14-16,19,22-36,42H2,1-2H3,(H,45,46)(H,47,48)/b7-5-,13-11-,18-17-,21-20-/t37-,38+/m1/s1. The fourth-order valence-electron chi connectivity index (χ4n) is 5.17. The van der Waals surface area contributed by atoms with E-state index >= 15 is 0 Å². The summed E-state index contributed by atoms with van der Waals surface area (Å²) >= 11 is 0. The van der Waals surface area contributed by atoms with E-state index in [9.17, 15) is 23.8 Å². The van der Waals surface area contributed by atoms with E-state index in [1.54, 1.807) is 0 Å². The highest BCUT2D eigenvalue weighted by Crippen LogP contribution is 2.43. The Kier molecular flexibility index (Phi) is 34.7. The minimum atomic E-state index is -4.72. The molecule has 0 aliphatic heterocycles. The number of hydrogen-bond acceptors (Lipinski definition) is 9. The molecule has 0 spiro atoms. The van der Waals surface area contributed by atoms with Gasteiger partial charge in [-0.3, -0.25) is 23.4 Å². The summed E-state index contributed by atoms with van der Waals surface area (Å²) in [5.41, 5.74) is 5.32. The second-order valence-corrected chi connectivity index (χ2v) is 14.8. The molecule has 0 saturated heterocycles. The molecule has 0 saturated carbocycles. The molecule has 0 aromatic heterocycles. The smallest absolute Gasteiger partial charge is 0.472 e. The first-order chi connectivity index (χ1) is 25.6. The van der Waals surface area contributed by atoms with Crippen LogP contribution in [0.5, 0.6) is 0 Å². The summed E-state index contributed by atoms with van der Waals surface area (Å²) in [6, 6.07) is -1.52. The van der Waals surface area contributed by atoms with Gasteiger partial charge in [0, 0.05) is 12.8 Å². The highest BCUT2D eigenvalue weighted by atomic mass is 31.2. The molecule has 0 aliphatic rings. The number of phosphoric acid groups is 1. The molecule has 0 aromatic rings. The zero-order valence-corrected chi connectivity index (χ0v) is 33.7. The van der Waals surface area contributed by atoms with Crippen LogP contribution in [0.4, 0.5) is 0 Å². The number of nitrogens with two attached hydrogens (primary N) is 1. The minimum absolute atomic E-state index is 0.156. The van der Waals surface area contributed by atoms with Gasteiger partial charge in [-0.25, -0.2) is 4.57 Å². The van der Waals surface area contributed by atoms with E-state index in [1.807, 2.05) is 0 Å². The molecular weight excluding hydrogens is 697 g/mol. The average Bonchev–Trinajstić information content (AvgIpc) is 3.13. The van der Waals surface area contributed by atoms with E-state index in [1.165, 1.54) is 51.4 Å². The van der Waals surface area contributed by atoms with Crippen LogP contribution in [0.1, 0.15) is 162 Å². The zero-order chi connectivity index (χ0) is 39.3. The zero-order valence-electron chi connectivity index (χ0n) is 32.8. The summed E-state index contributed by atoms with van der Waals surface area (Å²) in [5.74, 6) is -2.41. The number of unbranched alkanes of at least 4 members (excludes halogenated alkanes) is 15. The van der Waals surface area contributed by atoms with Gasteiger partial charge in [-0.2, -0.15) is 0 Å². The Morgan fingerprint density at radius 1 is 0.604 bits per heavy atom. The first-order valence-electron chi connectivity index (χ1n) is 20.2. The number of hydrogen-bond donors (Lipinski definition) is 3. The van der Waals surface area contributed by atoms with Gasteiger partial charge in [-0.1, -0.05) is 146 Å². The summed E-state index contributed by atoms with van der Waals surface area (Å²) in [5, 5.41) is 8.87. The molecule has 53 heavy (non-hydrogen) atoms. The van der Waals surface area contributed by atoms with E-state index in [0.717, 1.165) is 70.6 Å². The van der Waals surface area contributed by atoms with Gasteiger partial charge in [0.05, 0.1) is 13.2 Å². The van der Waals surface area contributed by atoms with Gasteiger partial charge in [-0.05, 0) is 51.4 Å². The van der Waals surface area contributed by atoms with Crippen LogP contribution in [-0.2, 0) is 37.5 Å². The number of ether oxygens (including phenoxy) is 2. The number of aliphatic carboxylic acids is 1. The van der Waals surface area contributed by atoms with Crippen LogP contribution >= 0.6 is 7.82 Å². The van der Waals surface area contributed by atoms with E-state index in [-0.39, 0.29) is 19.4 Å². The van der Waals surface area contributed by atoms with Crippen molar-refractivity contribution in [2.75, 3.05) is 19.8 Å². The summed E-state index contributed by atoms with van der Waals surface area (Å²) < 4.78 is 32.6. The van der Waals surface area contributed by atoms with Crippen molar-refractivity contribution in [1.82, 2.24) is 0 Å². The molecule has 3 atom stereocenters. The third-order valence-corrected chi connectivity index (χ3v) is 9.29. The monoisotopic (exact) mass is 769 g/mol. The van der Waals surface area contributed by atoms with E-state index in [2.05, 4.69) is 67.0 Å². The number of carbonyl (C=O) groups is 3. The lowest BCUT2D eigenvalue weighted by atomic mass is 10.0. The van der Waals surface area contributed by atoms with Crippen molar-refractivity contribution in [2.24, 2.45) is 5.73 Å². The molecule has 0 rings (SSSR count). The predicted molar refractivity (Wildman–Crippen MR) is 212 cm³/mol. The lowest BCUT2D eigenvalue weighted by molar-refractivity contribution is -0.161. The topological polar surface area (TPSA) is 172 Å². The van der Waals surface area contributed by atoms with Crippen molar-refractivity contribution >= 4 is 25.7 Å². The number of phosphoric ester groups is 1.